The highest BCUT2D eigenvalue weighted by atomic mass is 79.9. The number of β-amino-alcohol motifs (C(OH)–C–C–N with tert-alkyl or cyclic N) is 1. The Morgan fingerprint density at radius 2 is 1.97 bits per heavy atom. The molecule has 2 aromatic rings. The first kappa shape index (κ1) is 24.4. The first-order valence-electron chi connectivity index (χ1n) is 8.88. The van der Waals surface area contributed by atoms with Gasteiger partial charge in [-0.1, -0.05) is 15.9 Å². The topological polar surface area (TPSA) is 111 Å². The summed E-state index contributed by atoms with van der Waals surface area (Å²) in [5.74, 6) is -1.10. The highest BCUT2D eigenvalue weighted by molar-refractivity contribution is 9.10. The summed E-state index contributed by atoms with van der Waals surface area (Å²) in [6.07, 6.45) is -6.41. The van der Waals surface area contributed by atoms with E-state index in [0.717, 1.165) is 24.3 Å². The molecule has 1 aliphatic heterocycles. The van der Waals surface area contributed by atoms with Gasteiger partial charge in [-0.15, -0.1) is 0 Å². The summed E-state index contributed by atoms with van der Waals surface area (Å²) in [7, 11) is -4.77. The Labute approximate surface area is 188 Å². The van der Waals surface area contributed by atoms with Crippen molar-refractivity contribution in [2.45, 2.75) is 22.8 Å². The second kappa shape index (κ2) is 8.60. The zero-order valence-corrected chi connectivity index (χ0v) is 18.4. The molecule has 0 amide bonds. The molecule has 0 aromatic heterocycles. The van der Waals surface area contributed by atoms with Crippen molar-refractivity contribution in [3.05, 3.63) is 57.8 Å². The van der Waals surface area contributed by atoms with E-state index in [2.05, 4.69) is 15.9 Å². The summed E-state index contributed by atoms with van der Waals surface area (Å²) < 4.78 is 86.3. The Hall–Kier alpha value is -2.24. The molecule has 7 nitrogen and oxygen atoms in total. The minimum Gasteiger partial charge on any atom is -0.486 e. The molecule has 1 fully saturated rings. The molecule has 32 heavy (non-hydrogen) atoms. The number of aliphatic hydroxyl groups excluding tert-OH is 1. The van der Waals surface area contributed by atoms with Crippen LogP contribution in [-0.4, -0.2) is 54.3 Å². The van der Waals surface area contributed by atoms with E-state index >= 15 is 0 Å². The molecule has 1 aliphatic rings. The quantitative estimate of drug-likeness (QED) is 0.566. The van der Waals surface area contributed by atoms with E-state index in [1.807, 2.05) is 0 Å². The summed E-state index contributed by atoms with van der Waals surface area (Å²) in [5, 5.41) is 29.1. The number of nitrogens with zero attached hydrogens (tertiary/aromatic N) is 2. The van der Waals surface area contributed by atoms with Crippen LogP contribution in [0.2, 0.25) is 0 Å². The van der Waals surface area contributed by atoms with Crippen molar-refractivity contribution < 1.29 is 40.9 Å². The van der Waals surface area contributed by atoms with E-state index in [1.165, 1.54) is 6.07 Å². The lowest BCUT2D eigenvalue weighted by molar-refractivity contribution is -0.140. The molecular weight excluding hydrogens is 524 g/mol. The Morgan fingerprint density at radius 1 is 1.28 bits per heavy atom. The van der Waals surface area contributed by atoms with Crippen molar-refractivity contribution in [2.75, 3.05) is 19.7 Å². The van der Waals surface area contributed by atoms with Gasteiger partial charge in [-0.25, -0.2) is 12.8 Å². The fraction of sp³-hybridized carbons (Fsp3) is 0.316. The van der Waals surface area contributed by atoms with Crippen LogP contribution in [0.15, 0.2) is 45.8 Å². The van der Waals surface area contributed by atoms with Crippen LogP contribution in [0, 0.1) is 17.1 Å². The molecule has 13 heteroatoms. The molecule has 1 unspecified atom stereocenters. The largest absolute Gasteiger partial charge is 0.486 e. The minimum atomic E-state index is -4.98. The molecule has 0 radical (unpaired) electrons. The van der Waals surface area contributed by atoms with Crippen molar-refractivity contribution in [3.8, 4) is 11.8 Å². The monoisotopic (exact) mass is 538 g/mol. The molecule has 3 rings (SSSR count). The van der Waals surface area contributed by atoms with Crippen LogP contribution in [0.3, 0.4) is 0 Å². The van der Waals surface area contributed by atoms with Gasteiger partial charge in [0.1, 0.15) is 29.3 Å². The van der Waals surface area contributed by atoms with E-state index < -0.39 is 63.9 Å². The second-order valence-electron chi connectivity index (χ2n) is 7.06. The first-order valence-corrected chi connectivity index (χ1v) is 11.1. The Balaban J connectivity index is 1.96. The van der Waals surface area contributed by atoms with Crippen LogP contribution >= 0.6 is 15.9 Å². The van der Waals surface area contributed by atoms with Gasteiger partial charge in [0, 0.05) is 17.1 Å². The fourth-order valence-corrected chi connectivity index (χ4v) is 5.28. The summed E-state index contributed by atoms with van der Waals surface area (Å²) in [6.45, 7) is -2.36. The van der Waals surface area contributed by atoms with Crippen molar-refractivity contribution in [1.82, 2.24) is 4.31 Å². The number of nitriles is 1. The predicted molar refractivity (Wildman–Crippen MR) is 105 cm³/mol. The lowest BCUT2D eigenvalue weighted by Gasteiger charge is -2.27. The average Bonchev–Trinajstić information content (AvgIpc) is 3.05. The minimum absolute atomic E-state index is 0.0149. The van der Waals surface area contributed by atoms with Gasteiger partial charge in [0.25, 0.3) is 0 Å². The fourth-order valence-electron chi connectivity index (χ4n) is 3.22. The summed E-state index contributed by atoms with van der Waals surface area (Å²) in [4.78, 5) is -1.03. The predicted octanol–water partition coefficient (Wildman–Crippen LogP) is 2.65. The van der Waals surface area contributed by atoms with Gasteiger partial charge in [0.05, 0.1) is 29.2 Å². The number of ether oxygens (including phenoxy) is 1. The molecule has 1 heterocycles. The summed E-state index contributed by atoms with van der Waals surface area (Å²) in [6, 6.07) is 7.28. The molecule has 0 bridgehead atoms. The first-order chi connectivity index (χ1) is 14.8. The van der Waals surface area contributed by atoms with E-state index in [-0.39, 0.29) is 15.8 Å². The van der Waals surface area contributed by atoms with Crippen molar-refractivity contribution in [2.24, 2.45) is 0 Å². The van der Waals surface area contributed by atoms with Crippen LogP contribution in [0.25, 0.3) is 0 Å². The van der Waals surface area contributed by atoms with Gasteiger partial charge >= 0.3 is 6.18 Å². The van der Waals surface area contributed by atoms with Crippen LogP contribution in [-0.2, 0) is 16.2 Å². The molecule has 0 aliphatic carbocycles. The summed E-state index contributed by atoms with van der Waals surface area (Å²) >= 11 is 2.88. The molecule has 0 saturated carbocycles. The average molecular weight is 539 g/mol. The van der Waals surface area contributed by atoms with E-state index in [0.29, 0.717) is 10.4 Å². The maximum atomic E-state index is 13.8. The van der Waals surface area contributed by atoms with Crippen molar-refractivity contribution in [3.63, 3.8) is 0 Å². The normalized spacial score (nSPS) is 22.0. The van der Waals surface area contributed by atoms with Crippen molar-refractivity contribution >= 4 is 26.0 Å². The number of hydrogen-bond donors (Lipinski definition) is 2. The van der Waals surface area contributed by atoms with E-state index in [4.69, 9.17) is 10.00 Å². The number of rotatable bonds is 5. The third-order valence-corrected chi connectivity index (χ3v) is 7.26. The molecule has 2 atom stereocenters. The Morgan fingerprint density at radius 3 is 2.53 bits per heavy atom. The van der Waals surface area contributed by atoms with Gasteiger partial charge in [-0.05, 0) is 30.3 Å². The van der Waals surface area contributed by atoms with Gasteiger partial charge < -0.3 is 14.9 Å². The van der Waals surface area contributed by atoms with E-state index in [1.54, 1.807) is 6.07 Å². The number of aliphatic hydroxyl groups is 2. The lowest BCUT2D eigenvalue weighted by atomic mass is 10.0. The van der Waals surface area contributed by atoms with Crippen LogP contribution < -0.4 is 4.74 Å². The maximum absolute atomic E-state index is 13.8. The molecular formula is C19H15BrF4N2O5S. The standard InChI is InChI=1S/C19H15BrF4N2O5S/c20-12-2-4-16(14(5-12)19(22,23)24)32(29,30)26-8-17(18(28,9-26)10-27)31-13-3-1-11(7-25)15(21)6-13/h1-6,17,27-28H,8-10H2/t17?,18-/m1/s1. The zero-order chi connectivity index (χ0) is 23.9. The van der Waals surface area contributed by atoms with Crippen LogP contribution in [0.4, 0.5) is 17.6 Å². The maximum Gasteiger partial charge on any atom is 0.417 e. The molecule has 0 spiro atoms. The second-order valence-corrected chi connectivity index (χ2v) is 9.88. The third kappa shape index (κ3) is 4.60. The number of sulfonamides is 1. The third-order valence-electron chi connectivity index (χ3n) is 4.90. The van der Waals surface area contributed by atoms with E-state index in [9.17, 15) is 36.2 Å². The van der Waals surface area contributed by atoms with Crippen LogP contribution in [0.1, 0.15) is 11.1 Å². The summed E-state index contributed by atoms with van der Waals surface area (Å²) in [5.41, 5.74) is -3.86. The number of halogens is 5. The molecule has 2 aromatic carbocycles. The Kier molecular flexibility index (Phi) is 6.56. The molecule has 172 valence electrons. The van der Waals surface area contributed by atoms with Gasteiger partial charge in [0.15, 0.2) is 0 Å². The number of hydrogen-bond acceptors (Lipinski definition) is 6. The van der Waals surface area contributed by atoms with Gasteiger partial charge in [-0.3, -0.25) is 0 Å². The smallest absolute Gasteiger partial charge is 0.417 e. The zero-order valence-electron chi connectivity index (χ0n) is 16.0. The van der Waals surface area contributed by atoms with Gasteiger partial charge in [-0.2, -0.15) is 22.7 Å². The molecule has 2 N–H and O–H groups in total. The number of alkyl halides is 3. The SMILES string of the molecule is N#Cc1ccc(OC2CN(S(=O)(=O)c3ccc(Br)cc3C(F)(F)F)C[C@@]2(O)CO)cc1F. The lowest BCUT2D eigenvalue weighted by Crippen LogP contribution is -2.48. The van der Waals surface area contributed by atoms with Crippen LogP contribution in [0.5, 0.6) is 5.75 Å². The highest BCUT2D eigenvalue weighted by Crippen LogP contribution is 2.39. The van der Waals surface area contributed by atoms with Gasteiger partial charge in [0.2, 0.25) is 10.0 Å². The Bertz CT molecular complexity index is 1190. The highest BCUT2D eigenvalue weighted by Gasteiger charge is 2.52. The number of benzene rings is 2. The molecule has 1 saturated heterocycles. The van der Waals surface area contributed by atoms with Crippen molar-refractivity contribution in [1.29, 1.82) is 5.26 Å².